The first-order valence-electron chi connectivity index (χ1n) is 6.36. The summed E-state index contributed by atoms with van der Waals surface area (Å²) in [6, 6.07) is 3.52. The molecule has 1 aromatic carbocycles. The predicted octanol–water partition coefficient (Wildman–Crippen LogP) is 4.39. The molecule has 1 aliphatic carbocycles. The number of amides is 1. The molecular formula is C14H15BrF3NO. The van der Waals surface area contributed by atoms with Gasteiger partial charge in [-0.25, -0.2) is 0 Å². The zero-order valence-corrected chi connectivity index (χ0v) is 12.6. The molecule has 1 fully saturated rings. The number of rotatable bonds is 3. The van der Waals surface area contributed by atoms with Crippen LogP contribution in [-0.4, -0.2) is 12.5 Å². The van der Waals surface area contributed by atoms with Gasteiger partial charge >= 0.3 is 6.18 Å². The van der Waals surface area contributed by atoms with E-state index in [1.807, 2.05) is 0 Å². The van der Waals surface area contributed by atoms with Gasteiger partial charge in [0.2, 0.25) is 0 Å². The van der Waals surface area contributed by atoms with Crippen molar-refractivity contribution in [1.82, 2.24) is 5.32 Å². The highest BCUT2D eigenvalue weighted by molar-refractivity contribution is 9.10. The van der Waals surface area contributed by atoms with E-state index in [-0.39, 0.29) is 15.5 Å². The third kappa shape index (κ3) is 3.34. The minimum absolute atomic E-state index is 0.0310. The second-order valence-corrected chi connectivity index (χ2v) is 6.39. The lowest BCUT2D eigenvalue weighted by molar-refractivity contribution is -0.138. The monoisotopic (exact) mass is 349 g/mol. The van der Waals surface area contributed by atoms with Crippen molar-refractivity contribution in [3.05, 3.63) is 33.8 Å². The third-order valence-corrected chi connectivity index (χ3v) is 4.46. The predicted molar refractivity (Wildman–Crippen MR) is 73.4 cm³/mol. The number of benzene rings is 1. The summed E-state index contributed by atoms with van der Waals surface area (Å²) in [5, 5.41) is 2.72. The molecule has 110 valence electrons. The fraction of sp³-hybridized carbons (Fsp3) is 0.500. The van der Waals surface area contributed by atoms with Crippen LogP contribution in [0.25, 0.3) is 0 Å². The largest absolute Gasteiger partial charge is 0.417 e. The molecule has 2 nitrogen and oxygen atoms in total. The van der Waals surface area contributed by atoms with Gasteiger partial charge in [-0.1, -0.05) is 29.3 Å². The molecule has 1 N–H and O–H groups in total. The molecule has 1 saturated carbocycles. The molecule has 0 bridgehead atoms. The Bertz CT molecular complexity index is 524. The van der Waals surface area contributed by atoms with Crippen molar-refractivity contribution in [2.75, 3.05) is 6.54 Å². The number of carbonyl (C=O) groups excluding carboxylic acids is 1. The van der Waals surface area contributed by atoms with Gasteiger partial charge in [-0.3, -0.25) is 4.79 Å². The van der Waals surface area contributed by atoms with E-state index in [1.165, 1.54) is 12.1 Å². The average molecular weight is 350 g/mol. The first-order chi connectivity index (χ1) is 9.21. The summed E-state index contributed by atoms with van der Waals surface area (Å²) in [5.41, 5.74) is -0.707. The topological polar surface area (TPSA) is 29.1 Å². The van der Waals surface area contributed by atoms with Gasteiger partial charge in [0.05, 0.1) is 5.56 Å². The van der Waals surface area contributed by atoms with Gasteiger partial charge in [0.15, 0.2) is 0 Å². The number of halogens is 4. The van der Waals surface area contributed by atoms with Gasteiger partial charge in [-0.05, 0) is 36.5 Å². The van der Waals surface area contributed by atoms with E-state index in [0.29, 0.717) is 6.54 Å². The van der Waals surface area contributed by atoms with Crippen molar-refractivity contribution in [3.63, 3.8) is 0 Å². The maximum absolute atomic E-state index is 12.8. The Morgan fingerprint density at radius 3 is 2.55 bits per heavy atom. The highest BCUT2D eigenvalue weighted by Gasteiger charge is 2.34. The van der Waals surface area contributed by atoms with Crippen LogP contribution in [0.3, 0.4) is 0 Å². The van der Waals surface area contributed by atoms with Gasteiger partial charge < -0.3 is 5.32 Å². The lowest BCUT2D eigenvalue weighted by Gasteiger charge is -2.38. The minimum atomic E-state index is -4.48. The molecule has 1 aromatic rings. The number of alkyl halides is 3. The highest BCUT2D eigenvalue weighted by Crippen LogP contribution is 2.39. The normalized spacial score (nSPS) is 17.4. The first-order valence-corrected chi connectivity index (χ1v) is 7.16. The summed E-state index contributed by atoms with van der Waals surface area (Å²) in [6.45, 7) is 2.57. The summed E-state index contributed by atoms with van der Waals surface area (Å²) in [4.78, 5) is 11.9. The number of nitrogens with one attached hydrogen (secondary N) is 1. The maximum atomic E-state index is 12.8. The number of carbonyl (C=O) groups is 1. The zero-order chi connectivity index (χ0) is 15.0. The SMILES string of the molecule is CC1(CNC(=O)c2ccc(Br)c(C(F)(F)F)c2)CCC1. The van der Waals surface area contributed by atoms with Crippen molar-refractivity contribution < 1.29 is 18.0 Å². The van der Waals surface area contributed by atoms with Crippen LogP contribution in [0, 0.1) is 5.41 Å². The summed E-state index contributed by atoms with van der Waals surface area (Å²) in [5.74, 6) is -0.462. The van der Waals surface area contributed by atoms with E-state index in [0.717, 1.165) is 25.3 Å². The smallest absolute Gasteiger partial charge is 0.351 e. The molecule has 0 spiro atoms. The Balaban J connectivity index is 2.10. The summed E-state index contributed by atoms with van der Waals surface area (Å²) < 4.78 is 38.2. The van der Waals surface area contributed by atoms with Gasteiger partial charge in [0.25, 0.3) is 5.91 Å². The Kier molecular flexibility index (Phi) is 4.14. The standard InChI is InChI=1S/C14H15BrF3NO/c1-13(5-2-6-13)8-19-12(20)9-3-4-11(15)10(7-9)14(16,17)18/h3-4,7H,2,5-6,8H2,1H3,(H,19,20). The van der Waals surface area contributed by atoms with Gasteiger partial charge in [-0.2, -0.15) is 13.2 Å². The Morgan fingerprint density at radius 1 is 1.40 bits per heavy atom. The van der Waals surface area contributed by atoms with Crippen LogP contribution >= 0.6 is 15.9 Å². The van der Waals surface area contributed by atoms with Gasteiger partial charge in [0.1, 0.15) is 0 Å². The third-order valence-electron chi connectivity index (χ3n) is 3.77. The van der Waals surface area contributed by atoms with E-state index in [9.17, 15) is 18.0 Å². The number of hydrogen-bond acceptors (Lipinski definition) is 1. The quantitative estimate of drug-likeness (QED) is 0.861. The summed E-state index contributed by atoms with van der Waals surface area (Å²) >= 11 is 2.85. The minimum Gasteiger partial charge on any atom is -0.351 e. The molecule has 6 heteroatoms. The molecule has 20 heavy (non-hydrogen) atoms. The van der Waals surface area contributed by atoms with E-state index >= 15 is 0 Å². The van der Waals surface area contributed by atoms with Crippen LogP contribution in [0.5, 0.6) is 0 Å². The first kappa shape index (κ1) is 15.4. The average Bonchev–Trinajstić information content (AvgIpc) is 2.32. The molecule has 0 aromatic heterocycles. The van der Waals surface area contributed by atoms with E-state index < -0.39 is 17.6 Å². The molecule has 0 aliphatic heterocycles. The van der Waals surface area contributed by atoms with Crippen molar-refractivity contribution in [3.8, 4) is 0 Å². The molecule has 0 heterocycles. The fourth-order valence-electron chi connectivity index (χ4n) is 2.24. The van der Waals surface area contributed by atoms with Crippen LogP contribution in [0.2, 0.25) is 0 Å². The van der Waals surface area contributed by atoms with Gasteiger partial charge in [0, 0.05) is 16.6 Å². The summed E-state index contributed by atoms with van der Waals surface area (Å²) in [7, 11) is 0. The second kappa shape index (κ2) is 5.39. The van der Waals surface area contributed by atoms with E-state index in [2.05, 4.69) is 28.2 Å². The second-order valence-electron chi connectivity index (χ2n) is 5.54. The molecule has 0 atom stereocenters. The van der Waals surface area contributed by atoms with Crippen LogP contribution in [0.15, 0.2) is 22.7 Å². The molecule has 0 radical (unpaired) electrons. The molecule has 1 aliphatic rings. The van der Waals surface area contributed by atoms with Gasteiger partial charge in [-0.15, -0.1) is 0 Å². The van der Waals surface area contributed by atoms with E-state index in [1.54, 1.807) is 0 Å². The number of hydrogen-bond donors (Lipinski definition) is 1. The van der Waals surface area contributed by atoms with Crippen LogP contribution in [0.4, 0.5) is 13.2 Å². The maximum Gasteiger partial charge on any atom is 0.417 e. The summed E-state index contributed by atoms with van der Waals surface area (Å²) in [6.07, 6.45) is -1.25. The highest BCUT2D eigenvalue weighted by atomic mass is 79.9. The van der Waals surface area contributed by atoms with Crippen molar-refractivity contribution in [2.24, 2.45) is 5.41 Å². The fourth-order valence-corrected chi connectivity index (χ4v) is 2.71. The molecular weight excluding hydrogens is 335 g/mol. The lowest BCUT2D eigenvalue weighted by atomic mass is 9.70. The van der Waals surface area contributed by atoms with Crippen LogP contribution in [-0.2, 0) is 6.18 Å². The van der Waals surface area contributed by atoms with Crippen molar-refractivity contribution >= 4 is 21.8 Å². The Labute approximate surface area is 123 Å². The van der Waals surface area contributed by atoms with Crippen LogP contribution < -0.4 is 5.32 Å². The molecule has 0 saturated heterocycles. The molecule has 0 unspecified atom stereocenters. The van der Waals surface area contributed by atoms with E-state index in [4.69, 9.17) is 0 Å². The Morgan fingerprint density at radius 2 is 2.05 bits per heavy atom. The lowest BCUT2D eigenvalue weighted by Crippen LogP contribution is -2.40. The zero-order valence-electron chi connectivity index (χ0n) is 11.0. The molecule has 1 amide bonds. The van der Waals surface area contributed by atoms with Crippen LogP contribution in [0.1, 0.15) is 42.1 Å². The molecule has 2 rings (SSSR count). The van der Waals surface area contributed by atoms with Crippen molar-refractivity contribution in [2.45, 2.75) is 32.4 Å². The van der Waals surface area contributed by atoms with Crippen molar-refractivity contribution in [1.29, 1.82) is 0 Å². The Hall–Kier alpha value is -1.04.